The predicted octanol–water partition coefficient (Wildman–Crippen LogP) is 2.87. The molecular weight excluding hydrogens is 274 g/mol. The number of rotatable bonds is 5. The average Bonchev–Trinajstić information content (AvgIpc) is 2.74. The molecule has 0 aliphatic heterocycles. The molecule has 0 amide bonds. The van der Waals surface area contributed by atoms with Crippen LogP contribution in [0.3, 0.4) is 0 Å². The van der Waals surface area contributed by atoms with Gasteiger partial charge in [-0.25, -0.2) is 4.39 Å². The first-order chi connectivity index (χ1) is 9.42. The van der Waals surface area contributed by atoms with Gasteiger partial charge in [0.15, 0.2) is 0 Å². The van der Waals surface area contributed by atoms with Crippen LogP contribution in [0.15, 0.2) is 36.5 Å². The number of alkyl halides is 3. The summed E-state index contributed by atoms with van der Waals surface area (Å²) in [5.41, 5.74) is 1.27. The fourth-order valence-corrected chi connectivity index (χ4v) is 1.75. The van der Waals surface area contributed by atoms with E-state index in [1.54, 1.807) is 12.1 Å². The molecule has 0 radical (unpaired) electrons. The number of benzene rings is 1. The van der Waals surface area contributed by atoms with Gasteiger partial charge >= 0.3 is 6.18 Å². The molecule has 3 nitrogen and oxygen atoms in total. The molecule has 0 aliphatic rings. The molecule has 1 heterocycles. The Kier molecular flexibility index (Phi) is 4.39. The molecule has 1 aromatic carbocycles. The van der Waals surface area contributed by atoms with Gasteiger partial charge in [-0.15, -0.1) is 0 Å². The monoisotopic (exact) mass is 287 g/mol. The van der Waals surface area contributed by atoms with Crippen molar-refractivity contribution in [3.8, 4) is 0 Å². The van der Waals surface area contributed by atoms with Gasteiger partial charge in [-0.3, -0.25) is 4.68 Å². The molecule has 0 aliphatic carbocycles. The van der Waals surface area contributed by atoms with E-state index in [1.807, 2.05) is 0 Å². The van der Waals surface area contributed by atoms with E-state index in [9.17, 15) is 17.6 Å². The molecule has 0 fully saturated rings. The lowest BCUT2D eigenvalue weighted by molar-refractivity contribution is -0.142. The molecule has 1 aromatic heterocycles. The van der Waals surface area contributed by atoms with E-state index >= 15 is 0 Å². The zero-order valence-corrected chi connectivity index (χ0v) is 10.5. The van der Waals surface area contributed by atoms with Gasteiger partial charge in [0.1, 0.15) is 12.4 Å². The van der Waals surface area contributed by atoms with Crippen LogP contribution < -0.4 is 5.32 Å². The summed E-state index contributed by atoms with van der Waals surface area (Å²) in [6.07, 6.45) is -3.00. The maximum atomic E-state index is 12.9. The van der Waals surface area contributed by atoms with E-state index in [0.717, 1.165) is 10.2 Å². The van der Waals surface area contributed by atoms with Crippen molar-refractivity contribution in [3.05, 3.63) is 53.6 Å². The van der Waals surface area contributed by atoms with Crippen LogP contribution in [0.1, 0.15) is 11.3 Å². The van der Waals surface area contributed by atoms with E-state index in [2.05, 4.69) is 10.4 Å². The number of nitrogens with zero attached hydrogens (tertiary/aromatic N) is 2. The highest BCUT2D eigenvalue weighted by atomic mass is 19.4. The number of halogens is 4. The number of hydrogen-bond acceptors (Lipinski definition) is 2. The average molecular weight is 287 g/mol. The Morgan fingerprint density at radius 2 is 1.95 bits per heavy atom. The fraction of sp³-hybridized carbons (Fsp3) is 0.308. The lowest BCUT2D eigenvalue weighted by atomic mass is 10.2. The van der Waals surface area contributed by atoms with Gasteiger partial charge in [-0.2, -0.15) is 18.3 Å². The standard InChI is InChI=1S/C13H13F4N3/c14-11-3-1-2-10(6-11)7-18-8-12-4-5-20(19-12)9-13(15,16)17/h1-6,18H,7-9H2. The Bertz CT molecular complexity index is 563. The third kappa shape index (κ3) is 4.65. The minimum Gasteiger partial charge on any atom is -0.307 e. The van der Waals surface area contributed by atoms with Crippen LogP contribution in [0.2, 0.25) is 0 Å². The Morgan fingerprint density at radius 1 is 1.15 bits per heavy atom. The summed E-state index contributed by atoms with van der Waals surface area (Å²) in [6, 6.07) is 7.63. The second-order valence-electron chi connectivity index (χ2n) is 4.35. The largest absolute Gasteiger partial charge is 0.408 e. The van der Waals surface area contributed by atoms with Crippen molar-refractivity contribution in [2.75, 3.05) is 0 Å². The Morgan fingerprint density at radius 3 is 2.65 bits per heavy atom. The topological polar surface area (TPSA) is 29.9 Å². The van der Waals surface area contributed by atoms with E-state index in [1.165, 1.54) is 24.4 Å². The molecule has 0 atom stereocenters. The van der Waals surface area contributed by atoms with Crippen molar-refractivity contribution < 1.29 is 17.6 Å². The van der Waals surface area contributed by atoms with Crippen molar-refractivity contribution in [3.63, 3.8) is 0 Å². The highest BCUT2D eigenvalue weighted by molar-refractivity contribution is 5.16. The van der Waals surface area contributed by atoms with Crippen LogP contribution in [-0.4, -0.2) is 16.0 Å². The summed E-state index contributed by atoms with van der Waals surface area (Å²) in [5, 5.41) is 6.80. The highest BCUT2D eigenvalue weighted by Gasteiger charge is 2.28. The maximum Gasteiger partial charge on any atom is 0.408 e. The Labute approximate surface area is 113 Å². The van der Waals surface area contributed by atoms with Crippen LogP contribution in [0.25, 0.3) is 0 Å². The van der Waals surface area contributed by atoms with Gasteiger partial charge in [0.25, 0.3) is 0 Å². The first kappa shape index (κ1) is 14.5. The van der Waals surface area contributed by atoms with Gasteiger partial charge in [-0.05, 0) is 23.8 Å². The van der Waals surface area contributed by atoms with Crippen molar-refractivity contribution in [2.45, 2.75) is 25.8 Å². The smallest absolute Gasteiger partial charge is 0.307 e. The third-order valence-electron chi connectivity index (χ3n) is 2.56. The Hall–Kier alpha value is -1.89. The minimum absolute atomic E-state index is 0.321. The first-order valence-corrected chi connectivity index (χ1v) is 5.97. The molecule has 2 aromatic rings. The molecule has 1 N–H and O–H groups in total. The van der Waals surface area contributed by atoms with Crippen molar-refractivity contribution in [1.82, 2.24) is 15.1 Å². The molecule has 0 spiro atoms. The second-order valence-corrected chi connectivity index (χ2v) is 4.35. The number of nitrogens with one attached hydrogen (secondary N) is 1. The highest BCUT2D eigenvalue weighted by Crippen LogP contribution is 2.16. The summed E-state index contributed by atoms with van der Waals surface area (Å²) in [7, 11) is 0. The molecule has 0 saturated heterocycles. The molecule has 7 heteroatoms. The lowest BCUT2D eigenvalue weighted by Gasteiger charge is -2.06. The summed E-state index contributed by atoms with van der Waals surface area (Å²) in [6.45, 7) is -0.359. The van der Waals surface area contributed by atoms with Crippen LogP contribution in [0.4, 0.5) is 17.6 Å². The molecule has 20 heavy (non-hydrogen) atoms. The summed E-state index contributed by atoms with van der Waals surface area (Å²) < 4.78 is 50.2. The van der Waals surface area contributed by atoms with Gasteiger partial charge in [-0.1, -0.05) is 12.1 Å². The summed E-state index contributed by atoms with van der Waals surface area (Å²) >= 11 is 0. The van der Waals surface area contributed by atoms with Gasteiger partial charge in [0.05, 0.1) is 5.69 Å². The fourth-order valence-electron chi connectivity index (χ4n) is 1.75. The summed E-state index contributed by atoms with van der Waals surface area (Å²) in [4.78, 5) is 0. The quantitative estimate of drug-likeness (QED) is 0.857. The van der Waals surface area contributed by atoms with E-state index in [-0.39, 0.29) is 5.82 Å². The number of aromatic nitrogens is 2. The SMILES string of the molecule is Fc1cccc(CNCc2ccn(CC(F)(F)F)n2)c1. The predicted molar refractivity (Wildman–Crippen MR) is 65.2 cm³/mol. The van der Waals surface area contributed by atoms with Gasteiger partial charge < -0.3 is 5.32 Å². The molecule has 0 bridgehead atoms. The van der Waals surface area contributed by atoms with Crippen LogP contribution in [0, 0.1) is 5.82 Å². The second kappa shape index (κ2) is 6.04. The van der Waals surface area contributed by atoms with Gasteiger partial charge in [0.2, 0.25) is 0 Å². The van der Waals surface area contributed by atoms with E-state index in [0.29, 0.717) is 18.8 Å². The van der Waals surface area contributed by atoms with Crippen LogP contribution >= 0.6 is 0 Å². The van der Waals surface area contributed by atoms with Crippen molar-refractivity contribution in [1.29, 1.82) is 0 Å². The van der Waals surface area contributed by atoms with E-state index < -0.39 is 12.7 Å². The van der Waals surface area contributed by atoms with Gasteiger partial charge in [0, 0.05) is 19.3 Å². The van der Waals surface area contributed by atoms with Crippen molar-refractivity contribution in [2.24, 2.45) is 0 Å². The summed E-state index contributed by atoms with van der Waals surface area (Å²) in [5.74, 6) is -0.321. The maximum absolute atomic E-state index is 12.9. The third-order valence-corrected chi connectivity index (χ3v) is 2.56. The van der Waals surface area contributed by atoms with Crippen LogP contribution in [-0.2, 0) is 19.6 Å². The van der Waals surface area contributed by atoms with Crippen molar-refractivity contribution >= 4 is 0 Å². The zero-order chi connectivity index (χ0) is 14.6. The molecule has 0 saturated carbocycles. The molecule has 2 rings (SSSR count). The molecule has 0 unspecified atom stereocenters. The minimum atomic E-state index is -4.28. The van der Waals surface area contributed by atoms with E-state index in [4.69, 9.17) is 0 Å². The molecular formula is C13H13F4N3. The zero-order valence-electron chi connectivity index (χ0n) is 10.5. The lowest BCUT2D eigenvalue weighted by Crippen LogP contribution is -2.19. The first-order valence-electron chi connectivity index (χ1n) is 5.97. The normalized spacial score (nSPS) is 11.8. The number of hydrogen-bond donors (Lipinski definition) is 1. The Balaban J connectivity index is 1.83. The van der Waals surface area contributed by atoms with Crippen LogP contribution in [0.5, 0.6) is 0 Å². The molecule has 108 valence electrons.